The molecule has 1 unspecified atom stereocenters. The number of carbonyl (C=O) groups excluding carboxylic acids is 2. The first-order valence-electron chi connectivity index (χ1n) is 9.75. The molecule has 1 aliphatic heterocycles. The summed E-state index contributed by atoms with van der Waals surface area (Å²) >= 11 is 12.1. The zero-order valence-electron chi connectivity index (χ0n) is 16.7. The van der Waals surface area contributed by atoms with Crippen LogP contribution in [-0.2, 0) is 14.3 Å². The molecule has 3 rings (SSSR count). The third kappa shape index (κ3) is 5.34. The van der Waals surface area contributed by atoms with E-state index in [9.17, 15) is 9.59 Å². The normalized spacial score (nSPS) is 16.4. The lowest BCUT2D eigenvalue weighted by molar-refractivity contribution is -0.145. The molecule has 30 heavy (non-hydrogen) atoms. The Hall–Kier alpha value is -2.51. The first-order valence-corrected chi connectivity index (χ1v) is 10.5. The fourth-order valence-corrected chi connectivity index (χ4v) is 3.81. The molecule has 1 aromatic heterocycles. The van der Waals surface area contributed by atoms with Gasteiger partial charge in [-0.2, -0.15) is 0 Å². The van der Waals surface area contributed by atoms with E-state index in [1.54, 1.807) is 24.1 Å². The Labute approximate surface area is 185 Å². The minimum atomic E-state index is -0.364. The highest BCUT2D eigenvalue weighted by Gasteiger charge is 2.32. The maximum absolute atomic E-state index is 12.7. The lowest BCUT2D eigenvalue weighted by Crippen LogP contribution is -2.51. The van der Waals surface area contributed by atoms with E-state index in [1.165, 1.54) is 0 Å². The summed E-state index contributed by atoms with van der Waals surface area (Å²) in [5, 5.41) is 1.10. The Balaban J connectivity index is 1.81. The largest absolute Gasteiger partial charge is 0.466 e. The van der Waals surface area contributed by atoms with E-state index < -0.39 is 0 Å². The van der Waals surface area contributed by atoms with E-state index in [0.29, 0.717) is 47.8 Å². The number of nitrogens with zero attached hydrogens (tertiary/aromatic N) is 3. The molecule has 1 saturated heterocycles. The van der Waals surface area contributed by atoms with Crippen LogP contribution in [0, 0.1) is 0 Å². The Morgan fingerprint density at radius 2 is 1.90 bits per heavy atom. The van der Waals surface area contributed by atoms with E-state index in [4.69, 9.17) is 33.7 Å². The van der Waals surface area contributed by atoms with E-state index in [0.717, 1.165) is 5.56 Å². The first kappa shape index (κ1) is 22.2. The number of aromatic nitrogens is 1. The number of anilines is 2. The number of nitrogens with two attached hydrogens (primary N) is 1. The van der Waals surface area contributed by atoms with Gasteiger partial charge in [0.15, 0.2) is 5.82 Å². The number of amides is 1. The Morgan fingerprint density at radius 1 is 1.17 bits per heavy atom. The molecule has 1 atom stereocenters. The fourth-order valence-electron chi connectivity index (χ4n) is 3.52. The SMILES string of the molecule is CCOC(=O)CCC(=O)N1CCN(c2ncc(Cl)cc2N)C(c2ccc(Cl)cc2)C1. The number of esters is 1. The molecule has 2 heterocycles. The summed E-state index contributed by atoms with van der Waals surface area (Å²) in [6.07, 6.45) is 1.75. The summed E-state index contributed by atoms with van der Waals surface area (Å²) in [7, 11) is 0. The van der Waals surface area contributed by atoms with Crippen LogP contribution >= 0.6 is 23.2 Å². The van der Waals surface area contributed by atoms with Crippen molar-refractivity contribution < 1.29 is 14.3 Å². The summed E-state index contributed by atoms with van der Waals surface area (Å²) in [5.41, 5.74) is 7.64. The molecule has 0 bridgehead atoms. The zero-order valence-corrected chi connectivity index (χ0v) is 18.2. The molecule has 1 aliphatic rings. The van der Waals surface area contributed by atoms with Crippen molar-refractivity contribution in [3.8, 4) is 0 Å². The van der Waals surface area contributed by atoms with Crippen LogP contribution in [0.15, 0.2) is 36.5 Å². The highest BCUT2D eigenvalue weighted by molar-refractivity contribution is 6.31. The molecule has 9 heteroatoms. The van der Waals surface area contributed by atoms with Crippen LogP contribution in [0.2, 0.25) is 10.0 Å². The zero-order chi connectivity index (χ0) is 21.7. The average Bonchev–Trinajstić information content (AvgIpc) is 2.73. The van der Waals surface area contributed by atoms with Gasteiger partial charge in [0.2, 0.25) is 5.91 Å². The maximum Gasteiger partial charge on any atom is 0.306 e. The quantitative estimate of drug-likeness (QED) is 0.674. The van der Waals surface area contributed by atoms with Gasteiger partial charge in [-0.3, -0.25) is 9.59 Å². The molecular weight excluding hydrogens is 427 g/mol. The molecule has 0 aliphatic carbocycles. The number of pyridine rings is 1. The summed E-state index contributed by atoms with van der Waals surface area (Å²) in [6.45, 7) is 3.52. The number of ether oxygens (including phenoxy) is 1. The van der Waals surface area contributed by atoms with Gasteiger partial charge in [-0.1, -0.05) is 35.3 Å². The van der Waals surface area contributed by atoms with Crippen molar-refractivity contribution in [3.63, 3.8) is 0 Å². The fraction of sp³-hybridized carbons (Fsp3) is 0.381. The predicted octanol–water partition coefficient (Wildman–Crippen LogP) is 3.70. The standard InChI is InChI=1S/C21H24Cl2N4O3/c1-2-30-20(29)8-7-19(28)26-9-10-27(21-17(24)11-16(23)12-25-21)18(13-26)14-3-5-15(22)6-4-14/h3-6,11-12,18H,2,7-10,13,24H2,1H3. The molecule has 1 amide bonds. The van der Waals surface area contributed by atoms with Gasteiger partial charge in [0, 0.05) is 37.3 Å². The van der Waals surface area contributed by atoms with Crippen molar-refractivity contribution in [2.75, 3.05) is 36.9 Å². The van der Waals surface area contributed by atoms with Crippen LogP contribution in [0.5, 0.6) is 0 Å². The predicted molar refractivity (Wildman–Crippen MR) is 118 cm³/mol. The Morgan fingerprint density at radius 3 is 2.57 bits per heavy atom. The van der Waals surface area contributed by atoms with Crippen LogP contribution in [0.4, 0.5) is 11.5 Å². The monoisotopic (exact) mass is 450 g/mol. The summed E-state index contributed by atoms with van der Waals surface area (Å²) in [5.74, 6) is 0.175. The van der Waals surface area contributed by atoms with Gasteiger partial charge in [0.1, 0.15) is 0 Å². The third-order valence-electron chi connectivity index (χ3n) is 4.97. The lowest BCUT2D eigenvalue weighted by Gasteiger charge is -2.42. The number of benzene rings is 1. The summed E-state index contributed by atoms with van der Waals surface area (Å²) < 4.78 is 4.92. The molecule has 7 nitrogen and oxygen atoms in total. The molecule has 160 valence electrons. The highest BCUT2D eigenvalue weighted by atomic mass is 35.5. The maximum atomic E-state index is 12.7. The highest BCUT2D eigenvalue weighted by Crippen LogP contribution is 2.34. The first-order chi connectivity index (χ1) is 14.4. The van der Waals surface area contributed by atoms with Gasteiger partial charge in [0.25, 0.3) is 0 Å². The molecule has 0 radical (unpaired) electrons. The summed E-state index contributed by atoms with van der Waals surface area (Å²) in [6, 6.07) is 8.99. The van der Waals surface area contributed by atoms with Crippen LogP contribution < -0.4 is 10.6 Å². The van der Waals surface area contributed by atoms with Gasteiger partial charge in [-0.25, -0.2) is 4.98 Å². The molecule has 1 fully saturated rings. The Kier molecular flexibility index (Phi) is 7.39. The van der Waals surface area contributed by atoms with Gasteiger partial charge in [0.05, 0.1) is 29.8 Å². The minimum absolute atomic E-state index is 0.0736. The van der Waals surface area contributed by atoms with E-state index in [-0.39, 0.29) is 30.8 Å². The van der Waals surface area contributed by atoms with E-state index in [2.05, 4.69) is 9.88 Å². The van der Waals surface area contributed by atoms with Crippen molar-refractivity contribution >= 4 is 46.6 Å². The second-order valence-electron chi connectivity index (χ2n) is 6.97. The van der Waals surface area contributed by atoms with Crippen molar-refractivity contribution in [3.05, 3.63) is 52.1 Å². The van der Waals surface area contributed by atoms with Gasteiger partial charge in [-0.05, 0) is 30.7 Å². The average molecular weight is 451 g/mol. The van der Waals surface area contributed by atoms with Gasteiger partial charge < -0.3 is 20.3 Å². The minimum Gasteiger partial charge on any atom is -0.466 e. The molecule has 1 aromatic carbocycles. The van der Waals surface area contributed by atoms with Crippen LogP contribution in [-0.4, -0.2) is 48.0 Å². The smallest absolute Gasteiger partial charge is 0.306 e. The second-order valence-corrected chi connectivity index (χ2v) is 7.84. The van der Waals surface area contributed by atoms with Crippen molar-refractivity contribution in [1.29, 1.82) is 0 Å². The number of hydrogen-bond donors (Lipinski definition) is 1. The summed E-state index contributed by atoms with van der Waals surface area (Å²) in [4.78, 5) is 32.6. The number of halogens is 2. The number of nitrogen functional groups attached to an aromatic ring is 1. The Bertz CT molecular complexity index is 908. The topological polar surface area (TPSA) is 88.8 Å². The van der Waals surface area contributed by atoms with Gasteiger partial charge >= 0.3 is 5.97 Å². The lowest BCUT2D eigenvalue weighted by atomic mass is 10.0. The second kappa shape index (κ2) is 10.00. The molecule has 2 N–H and O–H groups in total. The number of piperazine rings is 1. The van der Waals surface area contributed by atoms with E-state index in [1.807, 2.05) is 24.3 Å². The van der Waals surface area contributed by atoms with Crippen molar-refractivity contribution in [2.45, 2.75) is 25.8 Å². The third-order valence-corrected chi connectivity index (χ3v) is 5.43. The molecular formula is C21H24Cl2N4O3. The van der Waals surface area contributed by atoms with E-state index >= 15 is 0 Å². The van der Waals surface area contributed by atoms with Gasteiger partial charge in [-0.15, -0.1) is 0 Å². The number of rotatable bonds is 6. The van der Waals surface area contributed by atoms with Crippen LogP contribution in [0.25, 0.3) is 0 Å². The molecule has 0 spiro atoms. The van der Waals surface area contributed by atoms with Crippen LogP contribution in [0.1, 0.15) is 31.4 Å². The van der Waals surface area contributed by atoms with Crippen molar-refractivity contribution in [2.24, 2.45) is 0 Å². The number of hydrogen-bond acceptors (Lipinski definition) is 6. The molecule has 2 aromatic rings. The van der Waals surface area contributed by atoms with Crippen LogP contribution in [0.3, 0.4) is 0 Å². The van der Waals surface area contributed by atoms with Crippen molar-refractivity contribution in [1.82, 2.24) is 9.88 Å². The number of carbonyl (C=O) groups is 2. The molecule has 0 saturated carbocycles.